The summed E-state index contributed by atoms with van der Waals surface area (Å²) in [6, 6.07) is 14.6. The van der Waals surface area contributed by atoms with Gasteiger partial charge >= 0.3 is 0 Å². The minimum atomic E-state index is -0.139. The second-order valence-corrected chi connectivity index (χ2v) is 4.76. The van der Waals surface area contributed by atoms with E-state index in [0.29, 0.717) is 29.2 Å². The Morgan fingerprint density at radius 2 is 2.10 bits per heavy atom. The van der Waals surface area contributed by atoms with Crippen LogP contribution in [-0.4, -0.2) is 12.5 Å². The molecule has 2 N–H and O–H groups in total. The third kappa shape index (κ3) is 2.39. The molecule has 1 heterocycles. The second-order valence-electron chi connectivity index (χ2n) is 4.76. The van der Waals surface area contributed by atoms with Crippen LogP contribution in [0.1, 0.15) is 11.1 Å². The number of nitrogens with zero attached hydrogens (tertiary/aromatic N) is 2. The van der Waals surface area contributed by atoms with Crippen LogP contribution in [0.5, 0.6) is 5.75 Å². The molecule has 0 aromatic heterocycles. The maximum atomic E-state index is 12.1. The van der Waals surface area contributed by atoms with Gasteiger partial charge in [-0.05, 0) is 23.8 Å². The summed E-state index contributed by atoms with van der Waals surface area (Å²) in [5.74, 6) is 0.448. The molecule has 2 aromatic carbocycles. The van der Waals surface area contributed by atoms with Gasteiger partial charge in [-0.2, -0.15) is 5.26 Å². The van der Waals surface area contributed by atoms with E-state index in [4.69, 9.17) is 15.7 Å². The molecule has 5 heteroatoms. The molecule has 1 aliphatic rings. The van der Waals surface area contributed by atoms with Crippen molar-refractivity contribution >= 4 is 17.3 Å². The van der Waals surface area contributed by atoms with Gasteiger partial charge in [0.05, 0.1) is 23.9 Å². The van der Waals surface area contributed by atoms with Crippen molar-refractivity contribution < 1.29 is 9.53 Å². The third-order valence-electron chi connectivity index (χ3n) is 3.39. The highest BCUT2D eigenvalue weighted by Gasteiger charge is 2.26. The highest BCUT2D eigenvalue weighted by Crippen LogP contribution is 2.34. The molecule has 2 aromatic rings. The first kappa shape index (κ1) is 13.0. The van der Waals surface area contributed by atoms with Gasteiger partial charge in [0, 0.05) is 11.8 Å². The Balaban J connectivity index is 1.99. The third-order valence-corrected chi connectivity index (χ3v) is 3.39. The maximum absolute atomic E-state index is 12.1. The molecule has 0 unspecified atom stereocenters. The lowest BCUT2D eigenvalue weighted by atomic mass is 10.1. The number of ether oxygens (including phenoxy) is 1. The number of benzene rings is 2. The number of nitrogens with two attached hydrogens (primary N) is 1. The number of hydrogen-bond acceptors (Lipinski definition) is 4. The van der Waals surface area contributed by atoms with Crippen LogP contribution in [-0.2, 0) is 11.3 Å². The van der Waals surface area contributed by atoms with E-state index in [0.717, 1.165) is 5.56 Å². The fourth-order valence-corrected chi connectivity index (χ4v) is 2.33. The fraction of sp³-hybridized carbons (Fsp3) is 0.125. The zero-order chi connectivity index (χ0) is 14.8. The number of nitrogen functional groups attached to an aromatic ring is 1. The van der Waals surface area contributed by atoms with E-state index >= 15 is 0 Å². The van der Waals surface area contributed by atoms with E-state index in [-0.39, 0.29) is 12.5 Å². The zero-order valence-corrected chi connectivity index (χ0v) is 11.2. The lowest BCUT2D eigenvalue weighted by Gasteiger charge is -2.29. The summed E-state index contributed by atoms with van der Waals surface area (Å²) in [6.07, 6.45) is 0. The molecule has 5 nitrogen and oxygen atoms in total. The van der Waals surface area contributed by atoms with Crippen molar-refractivity contribution in [2.24, 2.45) is 0 Å². The normalized spacial score (nSPS) is 13.3. The summed E-state index contributed by atoms with van der Waals surface area (Å²) in [5.41, 5.74) is 8.36. The van der Waals surface area contributed by atoms with Crippen molar-refractivity contribution in [3.63, 3.8) is 0 Å². The molecule has 0 saturated carbocycles. The summed E-state index contributed by atoms with van der Waals surface area (Å²) < 4.78 is 5.40. The van der Waals surface area contributed by atoms with Gasteiger partial charge in [0.1, 0.15) is 5.75 Å². The van der Waals surface area contributed by atoms with Gasteiger partial charge in [-0.15, -0.1) is 0 Å². The van der Waals surface area contributed by atoms with E-state index in [2.05, 4.69) is 6.07 Å². The number of carbonyl (C=O) groups excluding carboxylic acids is 1. The summed E-state index contributed by atoms with van der Waals surface area (Å²) in [4.78, 5) is 13.8. The van der Waals surface area contributed by atoms with Crippen LogP contribution in [0.3, 0.4) is 0 Å². The summed E-state index contributed by atoms with van der Waals surface area (Å²) in [7, 11) is 0. The van der Waals surface area contributed by atoms with E-state index in [9.17, 15) is 4.79 Å². The van der Waals surface area contributed by atoms with Crippen molar-refractivity contribution in [2.45, 2.75) is 6.54 Å². The number of carbonyl (C=O) groups is 1. The molecule has 0 bridgehead atoms. The molecule has 21 heavy (non-hydrogen) atoms. The largest absolute Gasteiger partial charge is 0.481 e. The first-order chi connectivity index (χ1) is 10.2. The number of anilines is 2. The summed E-state index contributed by atoms with van der Waals surface area (Å²) >= 11 is 0. The number of hydrogen-bond donors (Lipinski definition) is 1. The van der Waals surface area contributed by atoms with E-state index < -0.39 is 0 Å². The van der Waals surface area contributed by atoms with Crippen LogP contribution in [0.2, 0.25) is 0 Å². The zero-order valence-electron chi connectivity index (χ0n) is 11.2. The first-order valence-electron chi connectivity index (χ1n) is 6.50. The van der Waals surface area contributed by atoms with Crippen molar-refractivity contribution in [1.29, 1.82) is 5.26 Å². The van der Waals surface area contributed by atoms with Gasteiger partial charge in [-0.3, -0.25) is 4.79 Å². The smallest absolute Gasteiger partial charge is 0.265 e. The van der Waals surface area contributed by atoms with E-state index in [1.165, 1.54) is 0 Å². The molecule has 0 atom stereocenters. The predicted molar refractivity (Wildman–Crippen MR) is 78.7 cm³/mol. The lowest BCUT2D eigenvalue weighted by molar-refractivity contribution is -0.121. The highest BCUT2D eigenvalue weighted by atomic mass is 16.5. The average Bonchev–Trinajstić information content (AvgIpc) is 2.50. The molecule has 0 spiro atoms. The van der Waals surface area contributed by atoms with Crippen LogP contribution >= 0.6 is 0 Å². The second kappa shape index (κ2) is 5.17. The van der Waals surface area contributed by atoms with Gasteiger partial charge in [-0.1, -0.05) is 18.2 Å². The van der Waals surface area contributed by atoms with Crippen LogP contribution in [0.15, 0.2) is 42.5 Å². The molecule has 0 saturated heterocycles. The molecule has 104 valence electrons. The SMILES string of the molecule is N#Cc1ccccc1CN1C(=O)COc2cc(N)ccc21. The van der Waals surface area contributed by atoms with Crippen LogP contribution < -0.4 is 15.4 Å². The van der Waals surface area contributed by atoms with Crippen molar-refractivity contribution in [3.8, 4) is 11.8 Å². The lowest BCUT2D eigenvalue weighted by Crippen LogP contribution is -2.38. The van der Waals surface area contributed by atoms with Crippen molar-refractivity contribution in [3.05, 3.63) is 53.6 Å². The summed E-state index contributed by atoms with van der Waals surface area (Å²) in [6.45, 7) is 0.314. The van der Waals surface area contributed by atoms with Gasteiger partial charge in [0.25, 0.3) is 5.91 Å². The molecule has 0 fully saturated rings. The molecule has 1 aliphatic heterocycles. The first-order valence-corrected chi connectivity index (χ1v) is 6.50. The Labute approximate surface area is 122 Å². The number of nitriles is 1. The van der Waals surface area contributed by atoms with Gasteiger partial charge in [0.2, 0.25) is 0 Å². The Kier molecular flexibility index (Phi) is 3.20. The predicted octanol–water partition coefficient (Wildman–Crippen LogP) is 2.07. The monoisotopic (exact) mass is 279 g/mol. The molecular formula is C16H13N3O2. The Morgan fingerprint density at radius 3 is 2.90 bits per heavy atom. The minimum absolute atomic E-state index is 0.0226. The van der Waals surface area contributed by atoms with Gasteiger partial charge < -0.3 is 15.4 Å². The Hall–Kier alpha value is -3.00. The van der Waals surface area contributed by atoms with E-state index in [1.54, 1.807) is 35.2 Å². The van der Waals surface area contributed by atoms with Gasteiger partial charge in [0.15, 0.2) is 6.61 Å². The standard InChI is InChI=1S/C16H13N3O2/c17-8-11-3-1-2-4-12(11)9-19-14-6-5-13(18)7-15(14)21-10-16(19)20/h1-7H,9-10,18H2. The minimum Gasteiger partial charge on any atom is -0.481 e. The van der Waals surface area contributed by atoms with Crippen LogP contribution in [0.25, 0.3) is 0 Å². The molecular weight excluding hydrogens is 266 g/mol. The van der Waals surface area contributed by atoms with E-state index in [1.807, 2.05) is 12.1 Å². The molecule has 0 radical (unpaired) electrons. The summed E-state index contributed by atoms with van der Waals surface area (Å²) in [5, 5.41) is 9.15. The average molecular weight is 279 g/mol. The van der Waals surface area contributed by atoms with Crippen molar-refractivity contribution in [2.75, 3.05) is 17.2 Å². The molecule has 0 aliphatic carbocycles. The Morgan fingerprint density at radius 1 is 1.29 bits per heavy atom. The quantitative estimate of drug-likeness (QED) is 0.853. The van der Waals surface area contributed by atoms with Gasteiger partial charge in [-0.25, -0.2) is 0 Å². The highest BCUT2D eigenvalue weighted by molar-refractivity contribution is 5.98. The van der Waals surface area contributed by atoms with Crippen LogP contribution in [0, 0.1) is 11.3 Å². The topological polar surface area (TPSA) is 79.3 Å². The number of amides is 1. The molecule has 1 amide bonds. The maximum Gasteiger partial charge on any atom is 0.265 e. The number of rotatable bonds is 2. The molecule has 3 rings (SSSR count). The van der Waals surface area contributed by atoms with Crippen molar-refractivity contribution in [1.82, 2.24) is 0 Å². The van der Waals surface area contributed by atoms with Crippen LogP contribution in [0.4, 0.5) is 11.4 Å². The fourth-order valence-electron chi connectivity index (χ4n) is 2.33. The number of fused-ring (bicyclic) bond motifs is 1. The Bertz CT molecular complexity index is 749.